The van der Waals surface area contributed by atoms with Gasteiger partial charge >= 0.3 is 0 Å². The molecule has 0 radical (unpaired) electrons. The number of benzene rings is 1. The van der Waals surface area contributed by atoms with Crippen molar-refractivity contribution in [2.45, 2.75) is 29.4 Å². The van der Waals surface area contributed by atoms with Crippen molar-refractivity contribution in [3.63, 3.8) is 0 Å². The van der Waals surface area contributed by atoms with E-state index in [1.165, 1.54) is 23.1 Å². The number of nitrogens with zero attached hydrogens (tertiary/aromatic N) is 2. The van der Waals surface area contributed by atoms with E-state index in [1.54, 1.807) is 12.1 Å². The van der Waals surface area contributed by atoms with Crippen LogP contribution in [0.2, 0.25) is 10.0 Å². The highest BCUT2D eigenvalue weighted by Gasteiger charge is 2.10. The average Bonchev–Trinajstić information content (AvgIpc) is 3.07. The fourth-order valence-corrected chi connectivity index (χ4v) is 4.77. The van der Waals surface area contributed by atoms with E-state index < -0.39 is 0 Å². The van der Waals surface area contributed by atoms with Crippen molar-refractivity contribution >= 4 is 57.3 Å². The van der Waals surface area contributed by atoms with Crippen LogP contribution in [0.1, 0.15) is 24.8 Å². The summed E-state index contributed by atoms with van der Waals surface area (Å²) in [6.07, 6.45) is 11.1. The molecule has 0 fully saturated rings. The number of hydrogen-bond donors (Lipinski definition) is 1. The Kier molecular flexibility index (Phi) is 7.14. The Morgan fingerprint density at radius 2 is 2.23 bits per heavy atom. The van der Waals surface area contributed by atoms with Gasteiger partial charge in [0, 0.05) is 15.8 Å². The smallest absolute Gasteiger partial charge is 0.249 e. The zero-order valence-corrected chi connectivity index (χ0v) is 17.0. The lowest BCUT2D eigenvalue weighted by atomic mass is 9.94. The Bertz CT molecular complexity index is 836. The maximum Gasteiger partial charge on any atom is 0.249 e. The standard InChI is InChI=1S/C18H17Cl2N3OS2/c19-14-8-7-13(15(20)10-14)11-25-18-23-22-17(26-18)21-16(24)9-6-12-4-2-1-3-5-12/h1-2,6-10,12H,3-5,11H2,(H,21,22,24)/b9-6+. The Balaban J connectivity index is 1.50. The number of anilines is 1. The van der Waals surface area contributed by atoms with E-state index in [1.807, 2.05) is 18.2 Å². The molecule has 136 valence electrons. The lowest BCUT2D eigenvalue weighted by Crippen LogP contribution is -2.09. The zero-order chi connectivity index (χ0) is 18.4. The molecule has 1 aromatic carbocycles. The van der Waals surface area contributed by atoms with Crippen molar-refractivity contribution in [1.29, 1.82) is 0 Å². The van der Waals surface area contributed by atoms with Crippen LogP contribution in [-0.2, 0) is 10.5 Å². The van der Waals surface area contributed by atoms with E-state index >= 15 is 0 Å². The van der Waals surface area contributed by atoms with Gasteiger partial charge in [0.15, 0.2) is 4.34 Å². The molecule has 1 N–H and O–H groups in total. The molecule has 0 saturated carbocycles. The van der Waals surface area contributed by atoms with Crippen molar-refractivity contribution in [2.24, 2.45) is 5.92 Å². The first-order valence-electron chi connectivity index (χ1n) is 8.14. The summed E-state index contributed by atoms with van der Waals surface area (Å²) in [6, 6.07) is 5.43. The van der Waals surface area contributed by atoms with Crippen LogP contribution in [0.25, 0.3) is 0 Å². The molecule has 3 rings (SSSR count). The molecular formula is C18H17Cl2N3OS2. The highest BCUT2D eigenvalue weighted by molar-refractivity contribution is 8.00. The molecule has 0 saturated heterocycles. The van der Waals surface area contributed by atoms with Crippen LogP contribution in [0.4, 0.5) is 5.13 Å². The number of amides is 1. The number of halogens is 2. The van der Waals surface area contributed by atoms with Gasteiger partial charge in [0.25, 0.3) is 0 Å². The number of carbonyl (C=O) groups excluding carboxylic acids is 1. The van der Waals surface area contributed by atoms with E-state index in [4.69, 9.17) is 23.2 Å². The SMILES string of the molecule is O=C(/C=C/C1CC=CCC1)Nc1nnc(SCc2ccc(Cl)cc2Cl)s1. The van der Waals surface area contributed by atoms with Crippen LogP contribution in [-0.4, -0.2) is 16.1 Å². The first-order valence-corrected chi connectivity index (χ1v) is 10.7. The van der Waals surface area contributed by atoms with Gasteiger partial charge in [-0.2, -0.15) is 0 Å². The molecule has 1 amide bonds. The van der Waals surface area contributed by atoms with Gasteiger partial charge in [-0.25, -0.2) is 0 Å². The molecule has 0 aliphatic heterocycles. The molecule has 2 aromatic rings. The maximum atomic E-state index is 12.0. The number of nitrogens with one attached hydrogen (secondary N) is 1. The van der Waals surface area contributed by atoms with Gasteiger partial charge < -0.3 is 0 Å². The van der Waals surface area contributed by atoms with Gasteiger partial charge in [0.2, 0.25) is 11.0 Å². The minimum absolute atomic E-state index is 0.173. The summed E-state index contributed by atoms with van der Waals surface area (Å²) < 4.78 is 0.771. The molecule has 1 aromatic heterocycles. The molecule has 1 heterocycles. The van der Waals surface area contributed by atoms with Crippen LogP contribution in [0.15, 0.2) is 46.8 Å². The number of carbonyl (C=O) groups is 1. The van der Waals surface area contributed by atoms with Gasteiger partial charge in [0.1, 0.15) is 0 Å². The summed E-state index contributed by atoms with van der Waals surface area (Å²) in [5.74, 6) is 0.927. The Morgan fingerprint density at radius 3 is 3.00 bits per heavy atom. The van der Waals surface area contributed by atoms with E-state index in [-0.39, 0.29) is 5.91 Å². The molecule has 1 aliphatic rings. The number of hydrogen-bond acceptors (Lipinski definition) is 5. The number of allylic oxidation sites excluding steroid dienone is 3. The second-order valence-electron chi connectivity index (χ2n) is 5.79. The summed E-state index contributed by atoms with van der Waals surface area (Å²) in [6.45, 7) is 0. The topological polar surface area (TPSA) is 54.9 Å². The average molecular weight is 426 g/mol. The lowest BCUT2D eigenvalue weighted by Gasteiger charge is -2.12. The maximum absolute atomic E-state index is 12.0. The number of thioether (sulfide) groups is 1. The third-order valence-corrected chi connectivity index (χ3v) is 6.44. The highest BCUT2D eigenvalue weighted by atomic mass is 35.5. The largest absolute Gasteiger partial charge is 0.297 e. The normalized spacial score (nSPS) is 16.9. The third-order valence-electron chi connectivity index (χ3n) is 3.83. The van der Waals surface area contributed by atoms with Gasteiger partial charge in [-0.05, 0) is 49.0 Å². The molecular weight excluding hydrogens is 409 g/mol. The number of rotatable bonds is 6. The van der Waals surface area contributed by atoms with Gasteiger partial charge in [-0.15, -0.1) is 10.2 Å². The van der Waals surface area contributed by atoms with Crippen molar-refractivity contribution < 1.29 is 4.79 Å². The fraction of sp³-hybridized carbons (Fsp3) is 0.278. The van der Waals surface area contributed by atoms with Crippen LogP contribution in [0, 0.1) is 5.92 Å². The molecule has 1 aliphatic carbocycles. The van der Waals surface area contributed by atoms with Gasteiger partial charge in [-0.3, -0.25) is 10.1 Å². The van der Waals surface area contributed by atoms with Crippen LogP contribution in [0.5, 0.6) is 0 Å². The third kappa shape index (κ3) is 5.84. The van der Waals surface area contributed by atoms with Crippen molar-refractivity contribution in [3.05, 3.63) is 58.1 Å². The van der Waals surface area contributed by atoms with E-state index in [2.05, 4.69) is 27.7 Å². The Morgan fingerprint density at radius 1 is 1.35 bits per heavy atom. The fourth-order valence-electron chi connectivity index (χ4n) is 2.46. The van der Waals surface area contributed by atoms with Crippen molar-refractivity contribution in [1.82, 2.24) is 10.2 Å². The molecule has 1 unspecified atom stereocenters. The zero-order valence-electron chi connectivity index (χ0n) is 13.8. The van der Waals surface area contributed by atoms with E-state index in [0.717, 1.165) is 29.2 Å². The summed E-state index contributed by atoms with van der Waals surface area (Å²) in [5.41, 5.74) is 0.978. The molecule has 0 spiro atoms. The Hall–Kier alpha value is -1.34. The predicted octanol–water partition coefficient (Wildman–Crippen LogP) is 5.99. The predicted molar refractivity (Wildman–Crippen MR) is 110 cm³/mol. The molecule has 8 heteroatoms. The summed E-state index contributed by atoms with van der Waals surface area (Å²) in [4.78, 5) is 12.0. The molecule has 0 bridgehead atoms. The van der Waals surface area contributed by atoms with E-state index in [9.17, 15) is 4.79 Å². The van der Waals surface area contributed by atoms with E-state index in [0.29, 0.717) is 26.8 Å². The summed E-state index contributed by atoms with van der Waals surface area (Å²) in [7, 11) is 0. The van der Waals surface area contributed by atoms with Crippen molar-refractivity contribution in [3.8, 4) is 0 Å². The minimum atomic E-state index is -0.173. The monoisotopic (exact) mass is 425 g/mol. The number of aromatic nitrogens is 2. The summed E-state index contributed by atoms with van der Waals surface area (Å²) in [5, 5.41) is 12.6. The van der Waals surface area contributed by atoms with Crippen LogP contribution in [0.3, 0.4) is 0 Å². The van der Waals surface area contributed by atoms with Crippen LogP contribution < -0.4 is 5.32 Å². The van der Waals surface area contributed by atoms with Crippen LogP contribution >= 0.6 is 46.3 Å². The van der Waals surface area contributed by atoms with Crippen molar-refractivity contribution in [2.75, 3.05) is 5.32 Å². The first kappa shape index (κ1) is 19.4. The second kappa shape index (κ2) is 9.55. The lowest BCUT2D eigenvalue weighted by molar-refractivity contribution is -0.111. The van der Waals surface area contributed by atoms with Gasteiger partial charge in [-0.1, -0.05) is 70.6 Å². The molecule has 26 heavy (non-hydrogen) atoms. The Labute approximate surface area is 170 Å². The summed E-state index contributed by atoms with van der Waals surface area (Å²) >= 11 is 14.9. The first-order chi connectivity index (χ1) is 12.6. The minimum Gasteiger partial charge on any atom is -0.297 e. The molecule has 4 nitrogen and oxygen atoms in total. The highest BCUT2D eigenvalue weighted by Crippen LogP contribution is 2.31. The van der Waals surface area contributed by atoms with Gasteiger partial charge in [0.05, 0.1) is 0 Å². The quantitative estimate of drug-likeness (QED) is 0.267. The second-order valence-corrected chi connectivity index (χ2v) is 8.83. The molecule has 1 atom stereocenters.